The lowest BCUT2D eigenvalue weighted by molar-refractivity contribution is -0.129. The Balaban J connectivity index is 1.99. The molecule has 106 valence electrons. The summed E-state index contributed by atoms with van der Waals surface area (Å²) in [7, 11) is 0. The van der Waals surface area contributed by atoms with Crippen LogP contribution in [0.1, 0.15) is 65.2 Å². The third-order valence-corrected chi connectivity index (χ3v) is 5.46. The molecule has 0 bridgehead atoms. The molecule has 0 unspecified atom stereocenters. The molecule has 0 saturated heterocycles. The minimum absolute atomic E-state index is 0.218. The van der Waals surface area contributed by atoms with Gasteiger partial charge in [0.2, 0.25) is 0 Å². The zero-order valence-electron chi connectivity index (χ0n) is 12.6. The van der Waals surface area contributed by atoms with Crippen LogP contribution in [0.3, 0.4) is 0 Å². The Morgan fingerprint density at radius 1 is 1.32 bits per heavy atom. The van der Waals surface area contributed by atoms with E-state index < -0.39 is 0 Å². The molecule has 0 aliphatic heterocycles. The number of allylic oxidation sites excluding steroid dienone is 2. The van der Waals surface area contributed by atoms with E-state index in [9.17, 15) is 4.79 Å². The van der Waals surface area contributed by atoms with Crippen LogP contribution in [0.2, 0.25) is 0 Å². The molecule has 2 fully saturated rings. The Morgan fingerprint density at radius 3 is 2.74 bits per heavy atom. The normalized spacial score (nSPS) is 34.1. The quantitative estimate of drug-likeness (QED) is 0.630. The first-order valence-electron chi connectivity index (χ1n) is 7.80. The standard InChI is InChI=1S/C18H28O/c1-13(2)7-5-8-14(3)15-10-11-16-17(19)9-6-12-18(15,16)4/h15-16H,1,3,5-12H2,2,4H3/t15-,16+,18-/m1/s1. The minimum Gasteiger partial charge on any atom is -0.299 e. The Kier molecular flexibility index (Phi) is 4.32. The Labute approximate surface area is 118 Å². The molecule has 2 saturated carbocycles. The maximum Gasteiger partial charge on any atom is 0.136 e. The lowest BCUT2D eigenvalue weighted by atomic mass is 9.63. The molecule has 0 spiro atoms. The van der Waals surface area contributed by atoms with E-state index in [1.54, 1.807) is 0 Å². The van der Waals surface area contributed by atoms with Gasteiger partial charge < -0.3 is 0 Å². The summed E-state index contributed by atoms with van der Waals surface area (Å²) < 4.78 is 0. The maximum absolute atomic E-state index is 12.1. The number of carbonyl (C=O) groups is 1. The highest BCUT2D eigenvalue weighted by molar-refractivity contribution is 5.83. The summed E-state index contributed by atoms with van der Waals surface area (Å²) in [6.07, 6.45) is 8.76. The van der Waals surface area contributed by atoms with Crippen molar-refractivity contribution in [1.82, 2.24) is 0 Å². The fourth-order valence-electron chi connectivity index (χ4n) is 4.39. The first kappa shape index (κ1) is 14.6. The summed E-state index contributed by atoms with van der Waals surface area (Å²) in [5.74, 6) is 1.42. The van der Waals surface area contributed by atoms with Gasteiger partial charge in [0.15, 0.2) is 0 Å². The number of fused-ring (bicyclic) bond motifs is 1. The molecule has 1 nitrogen and oxygen atoms in total. The average molecular weight is 260 g/mol. The van der Waals surface area contributed by atoms with Crippen molar-refractivity contribution in [1.29, 1.82) is 0 Å². The van der Waals surface area contributed by atoms with Gasteiger partial charge in [0.1, 0.15) is 5.78 Å². The first-order chi connectivity index (χ1) is 8.95. The van der Waals surface area contributed by atoms with Gasteiger partial charge in [-0.3, -0.25) is 4.79 Å². The van der Waals surface area contributed by atoms with Crippen LogP contribution in [-0.4, -0.2) is 5.78 Å². The number of rotatable bonds is 5. The predicted molar refractivity (Wildman–Crippen MR) is 81.0 cm³/mol. The molecular weight excluding hydrogens is 232 g/mol. The molecule has 0 amide bonds. The third kappa shape index (κ3) is 2.85. The first-order valence-corrected chi connectivity index (χ1v) is 7.80. The summed E-state index contributed by atoms with van der Waals surface area (Å²) in [6.45, 7) is 12.8. The number of carbonyl (C=O) groups excluding carboxylic acids is 1. The Morgan fingerprint density at radius 2 is 2.05 bits per heavy atom. The zero-order chi connectivity index (χ0) is 14.0. The van der Waals surface area contributed by atoms with Crippen molar-refractivity contribution in [3.63, 3.8) is 0 Å². The van der Waals surface area contributed by atoms with Crippen molar-refractivity contribution in [3.8, 4) is 0 Å². The van der Waals surface area contributed by atoms with Crippen molar-refractivity contribution < 1.29 is 4.79 Å². The van der Waals surface area contributed by atoms with Gasteiger partial charge in [0.25, 0.3) is 0 Å². The van der Waals surface area contributed by atoms with Crippen molar-refractivity contribution in [2.45, 2.75) is 65.2 Å². The topological polar surface area (TPSA) is 17.1 Å². The van der Waals surface area contributed by atoms with Gasteiger partial charge in [-0.2, -0.15) is 0 Å². The predicted octanol–water partition coefficient (Wildman–Crippen LogP) is 5.07. The fraction of sp³-hybridized carbons (Fsp3) is 0.722. The molecule has 2 aliphatic carbocycles. The van der Waals surface area contributed by atoms with E-state index in [0.29, 0.717) is 17.6 Å². The molecule has 0 heterocycles. The highest BCUT2D eigenvalue weighted by Crippen LogP contribution is 2.56. The monoisotopic (exact) mass is 260 g/mol. The van der Waals surface area contributed by atoms with Crippen molar-refractivity contribution in [2.24, 2.45) is 17.3 Å². The second-order valence-corrected chi connectivity index (χ2v) is 6.98. The highest BCUT2D eigenvalue weighted by atomic mass is 16.1. The molecule has 2 aliphatic rings. The molecule has 2 rings (SSSR count). The van der Waals surface area contributed by atoms with Crippen molar-refractivity contribution in [2.75, 3.05) is 0 Å². The van der Waals surface area contributed by atoms with E-state index in [4.69, 9.17) is 0 Å². The van der Waals surface area contributed by atoms with Gasteiger partial charge >= 0.3 is 0 Å². The van der Waals surface area contributed by atoms with E-state index in [2.05, 4.69) is 27.0 Å². The molecule has 1 heteroatoms. The maximum atomic E-state index is 12.1. The molecule has 0 aromatic rings. The summed E-state index contributed by atoms with van der Waals surface area (Å²) in [4.78, 5) is 12.1. The highest BCUT2D eigenvalue weighted by Gasteiger charge is 2.51. The van der Waals surface area contributed by atoms with Crippen LogP contribution in [0, 0.1) is 17.3 Å². The summed E-state index contributed by atoms with van der Waals surface area (Å²) >= 11 is 0. The lowest BCUT2D eigenvalue weighted by Gasteiger charge is -2.40. The lowest BCUT2D eigenvalue weighted by Crippen LogP contribution is -2.37. The molecule has 0 aromatic carbocycles. The zero-order valence-corrected chi connectivity index (χ0v) is 12.6. The van der Waals surface area contributed by atoms with Crippen LogP contribution >= 0.6 is 0 Å². The van der Waals surface area contributed by atoms with Crippen molar-refractivity contribution >= 4 is 5.78 Å². The van der Waals surface area contributed by atoms with E-state index in [0.717, 1.165) is 32.1 Å². The van der Waals surface area contributed by atoms with Gasteiger partial charge in [0.05, 0.1) is 0 Å². The Hall–Kier alpha value is -0.850. The van der Waals surface area contributed by atoms with Crippen LogP contribution in [0.5, 0.6) is 0 Å². The third-order valence-electron chi connectivity index (χ3n) is 5.46. The van der Waals surface area contributed by atoms with E-state index in [1.165, 1.54) is 30.4 Å². The van der Waals surface area contributed by atoms with Crippen LogP contribution in [0.15, 0.2) is 24.3 Å². The molecule has 0 aromatic heterocycles. The molecule has 0 N–H and O–H groups in total. The molecule has 3 atom stereocenters. The Bertz CT molecular complexity index is 392. The smallest absolute Gasteiger partial charge is 0.136 e. The van der Waals surface area contributed by atoms with Crippen LogP contribution in [0.4, 0.5) is 0 Å². The van der Waals surface area contributed by atoms with Gasteiger partial charge in [0, 0.05) is 12.3 Å². The van der Waals surface area contributed by atoms with Crippen molar-refractivity contribution in [3.05, 3.63) is 24.3 Å². The number of hydrogen-bond acceptors (Lipinski definition) is 1. The van der Waals surface area contributed by atoms with E-state index in [-0.39, 0.29) is 5.41 Å². The fourth-order valence-corrected chi connectivity index (χ4v) is 4.39. The van der Waals surface area contributed by atoms with Gasteiger partial charge in [-0.15, -0.1) is 6.58 Å². The van der Waals surface area contributed by atoms with E-state index >= 15 is 0 Å². The molecule has 19 heavy (non-hydrogen) atoms. The second kappa shape index (κ2) is 5.64. The largest absolute Gasteiger partial charge is 0.299 e. The molecular formula is C18H28O. The van der Waals surface area contributed by atoms with Gasteiger partial charge in [-0.05, 0) is 63.2 Å². The number of Topliss-reactive ketones (excluding diaryl/α,β-unsaturated/α-hetero) is 1. The second-order valence-electron chi connectivity index (χ2n) is 6.98. The summed E-state index contributed by atoms with van der Waals surface area (Å²) in [5.41, 5.74) is 2.87. The van der Waals surface area contributed by atoms with Crippen LogP contribution in [-0.2, 0) is 4.79 Å². The van der Waals surface area contributed by atoms with Gasteiger partial charge in [-0.25, -0.2) is 0 Å². The average Bonchev–Trinajstić information content (AvgIpc) is 2.67. The van der Waals surface area contributed by atoms with Crippen LogP contribution < -0.4 is 0 Å². The van der Waals surface area contributed by atoms with E-state index in [1.807, 2.05) is 0 Å². The van der Waals surface area contributed by atoms with Gasteiger partial charge in [-0.1, -0.05) is 24.6 Å². The number of hydrogen-bond donors (Lipinski definition) is 0. The summed E-state index contributed by atoms with van der Waals surface area (Å²) in [5, 5.41) is 0. The minimum atomic E-state index is 0.218. The SMILES string of the molecule is C=C(C)CCCC(=C)[C@H]1CC[C@H]2C(=O)CCC[C@]12C. The summed E-state index contributed by atoms with van der Waals surface area (Å²) in [6, 6.07) is 0. The van der Waals surface area contributed by atoms with Crippen LogP contribution in [0.25, 0.3) is 0 Å². The molecule has 0 radical (unpaired) electrons. The number of ketones is 1.